The zero-order valence-electron chi connectivity index (χ0n) is 6.34. The van der Waals surface area contributed by atoms with Crippen LogP contribution in [0.25, 0.3) is 0 Å². The molecule has 0 spiro atoms. The maximum atomic E-state index is 11.9. The second-order valence-corrected chi connectivity index (χ2v) is 3.74. The number of hydrogen-bond acceptors (Lipinski definition) is 3. The molecule has 0 aliphatic heterocycles. The summed E-state index contributed by atoms with van der Waals surface area (Å²) in [7, 11) is -4.58. The Morgan fingerprint density at radius 3 is 1.67 bits per heavy atom. The van der Waals surface area contributed by atoms with E-state index in [1.54, 1.807) is 0 Å². The SMILES string of the molecule is CC(C)(OS(N)(=O)=O)C(F)(F)F. The number of hydrogen-bond donors (Lipinski definition) is 1. The molecule has 0 rings (SSSR count). The van der Waals surface area contributed by atoms with Crippen LogP contribution in [-0.2, 0) is 14.5 Å². The van der Waals surface area contributed by atoms with Gasteiger partial charge in [0.1, 0.15) is 0 Å². The predicted molar refractivity (Wildman–Crippen MR) is 34.3 cm³/mol. The Balaban J connectivity index is 4.67. The third-order valence-corrected chi connectivity index (χ3v) is 1.66. The smallest absolute Gasteiger partial charge is 0.243 e. The summed E-state index contributed by atoms with van der Waals surface area (Å²) in [5.41, 5.74) is -2.79. The van der Waals surface area contributed by atoms with Crippen molar-refractivity contribution in [2.24, 2.45) is 5.14 Å². The zero-order valence-corrected chi connectivity index (χ0v) is 7.16. The van der Waals surface area contributed by atoms with Crippen molar-refractivity contribution in [3.63, 3.8) is 0 Å². The van der Waals surface area contributed by atoms with Crippen LogP contribution < -0.4 is 5.14 Å². The molecular formula is C4H8F3NO3S. The highest BCUT2D eigenvalue weighted by Gasteiger charge is 2.51. The summed E-state index contributed by atoms with van der Waals surface area (Å²) >= 11 is 0. The molecule has 0 aromatic carbocycles. The van der Waals surface area contributed by atoms with Crippen molar-refractivity contribution in [3.05, 3.63) is 0 Å². The first-order valence-electron chi connectivity index (χ1n) is 2.76. The molecule has 0 atom stereocenters. The van der Waals surface area contributed by atoms with E-state index in [9.17, 15) is 21.6 Å². The van der Waals surface area contributed by atoms with Crippen molar-refractivity contribution in [2.45, 2.75) is 25.6 Å². The van der Waals surface area contributed by atoms with Crippen LogP contribution in [0, 0.1) is 0 Å². The molecule has 0 radical (unpaired) electrons. The van der Waals surface area contributed by atoms with E-state index in [1.165, 1.54) is 0 Å². The maximum Gasteiger partial charge on any atom is 0.418 e. The fraction of sp³-hybridized carbons (Fsp3) is 1.00. The summed E-state index contributed by atoms with van der Waals surface area (Å²) < 4.78 is 59.7. The van der Waals surface area contributed by atoms with Gasteiger partial charge in [-0.15, -0.1) is 0 Å². The molecule has 4 nitrogen and oxygen atoms in total. The highest BCUT2D eigenvalue weighted by atomic mass is 32.2. The summed E-state index contributed by atoms with van der Waals surface area (Å²) in [6.45, 7) is 1.13. The van der Waals surface area contributed by atoms with Gasteiger partial charge in [0.2, 0.25) is 0 Å². The minimum Gasteiger partial charge on any atom is -0.243 e. The molecule has 0 unspecified atom stereocenters. The summed E-state index contributed by atoms with van der Waals surface area (Å²) in [6, 6.07) is 0. The Morgan fingerprint density at radius 1 is 1.25 bits per heavy atom. The van der Waals surface area contributed by atoms with Crippen molar-refractivity contribution in [2.75, 3.05) is 0 Å². The van der Waals surface area contributed by atoms with E-state index in [2.05, 4.69) is 9.32 Å². The van der Waals surface area contributed by atoms with Gasteiger partial charge in [-0.25, -0.2) is 9.32 Å². The number of halogens is 3. The monoisotopic (exact) mass is 207 g/mol. The van der Waals surface area contributed by atoms with Crippen molar-refractivity contribution in [3.8, 4) is 0 Å². The van der Waals surface area contributed by atoms with E-state index in [-0.39, 0.29) is 0 Å². The standard InChI is InChI=1S/C4H8F3NO3S/c1-3(2,4(5,6)7)11-12(8,9)10/h1-2H3,(H2,8,9,10). The molecule has 0 aromatic heterocycles. The lowest BCUT2D eigenvalue weighted by molar-refractivity contribution is -0.233. The molecule has 0 bridgehead atoms. The summed E-state index contributed by atoms with van der Waals surface area (Å²) in [4.78, 5) is 0. The van der Waals surface area contributed by atoms with E-state index >= 15 is 0 Å². The Hall–Kier alpha value is -0.340. The average molecular weight is 207 g/mol. The van der Waals surface area contributed by atoms with Gasteiger partial charge < -0.3 is 0 Å². The third kappa shape index (κ3) is 3.37. The van der Waals surface area contributed by atoms with Crippen molar-refractivity contribution >= 4 is 10.3 Å². The van der Waals surface area contributed by atoms with Crippen LogP contribution in [0.5, 0.6) is 0 Å². The van der Waals surface area contributed by atoms with Gasteiger partial charge in [-0.05, 0) is 13.8 Å². The van der Waals surface area contributed by atoms with E-state index in [1.807, 2.05) is 0 Å². The quantitative estimate of drug-likeness (QED) is 0.718. The first-order chi connectivity index (χ1) is 4.96. The summed E-state index contributed by atoms with van der Waals surface area (Å²) in [5, 5.41) is 4.27. The minimum absolute atomic E-state index is 0.567. The van der Waals surface area contributed by atoms with E-state index in [0.29, 0.717) is 13.8 Å². The molecular weight excluding hydrogens is 199 g/mol. The molecule has 74 valence electrons. The second kappa shape index (κ2) is 2.86. The molecule has 8 heteroatoms. The molecule has 0 saturated carbocycles. The van der Waals surface area contributed by atoms with Crippen LogP contribution in [0.15, 0.2) is 0 Å². The first kappa shape index (κ1) is 11.7. The van der Waals surface area contributed by atoms with Crippen LogP contribution in [0.3, 0.4) is 0 Å². The van der Waals surface area contributed by atoms with E-state index < -0.39 is 22.1 Å². The van der Waals surface area contributed by atoms with Gasteiger partial charge in [-0.1, -0.05) is 0 Å². The normalized spacial score (nSPS) is 14.8. The molecule has 12 heavy (non-hydrogen) atoms. The number of alkyl halides is 3. The van der Waals surface area contributed by atoms with Gasteiger partial charge in [0.25, 0.3) is 0 Å². The Kier molecular flexibility index (Phi) is 2.78. The fourth-order valence-electron chi connectivity index (χ4n) is 0.338. The Morgan fingerprint density at radius 2 is 1.58 bits per heavy atom. The average Bonchev–Trinajstić information content (AvgIpc) is 1.52. The highest BCUT2D eigenvalue weighted by Crippen LogP contribution is 2.33. The molecule has 0 aromatic rings. The third-order valence-electron chi connectivity index (χ3n) is 1.01. The Labute approximate surface area is 67.8 Å². The second-order valence-electron chi connectivity index (χ2n) is 2.58. The molecule has 0 saturated heterocycles. The predicted octanol–water partition coefficient (Wildman–Crippen LogP) is 0.547. The van der Waals surface area contributed by atoms with E-state index in [0.717, 1.165) is 0 Å². The van der Waals surface area contributed by atoms with E-state index in [4.69, 9.17) is 0 Å². The molecule has 0 fully saturated rings. The lowest BCUT2D eigenvalue weighted by atomic mass is 10.1. The maximum absolute atomic E-state index is 11.9. The topological polar surface area (TPSA) is 69.4 Å². The van der Waals surface area contributed by atoms with Crippen LogP contribution in [0.2, 0.25) is 0 Å². The largest absolute Gasteiger partial charge is 0.418 e. The number of rotatable bonds is 2. The van der Waals surface area contributed by atoms with Crippen LogP contribution >= 0.6 is 0 Å². The van der Waals surface area contributed by atoms with Crippen molar-refractivity contribution in [1.82, 2.24) is 0 Å². The molecule has 0 amide bonds. The van der Waals surface area contributed by atoms with Crippen molar-refractivity contribution in [1.29, 1.82) is 0 Å². The minimum atomic E-state index is -4.78. The van der Waals surface area contributed by atoms with Gasteiger partial charge in [0.15, 0.2) is 5.60 Å². The van der Waals surface area contributed by atoms with Gasteiger partial charge in [-0.3, -0.25) is 0 Å². The lowest BCUT2D eigenvalue weighted by Crippen LogP contribution is -2.44. The molecule has 0 aliphatic rings. The molecule has 2 N–H and O–H groups in total. The summed E-state index contributed by atoms with van der Waals surface area (Å²) in [6.07, 6.45) is -4.78. The molecule has 0 aliphatic carbocycles. The van der Waals surface area contributed by atoms with Crippen molar-refractivity contribution < 1.29 is 25.8 Å². The first-order valence-corrected chi connectivity index (χ1v) is 4.23. The zero-order chi connectivity index (χ0) is 10.2. The van der Waals surface area contributed by atoms with Gasteiger partial charge in [0.05, 0.1) is 0 Å². The fourth-order valence-corrected chi connectivity index (χ4v) is 1.01. The van der Waals surface area contributed by atoms with Crippen LogP contribution in [0.1, 0.15) is 13.8 Å². The van der Waals surface area contributed by atoms with Crippen LogP contribution in [0.4, 0.5) is 13.2 Å². The lowest BCUT2D eigenvalue weighted by Gasteiger charge is -2.25. The number of nitrogens with two attached hydrogens (primary N) is 1. The van der Waals surface area contributed by atoms with Gasteiger partial charge in [0, 0.05) is 0 Å². The van der Waals surface area contributed by atoms with Gasteiger partial charge in [-0.2, -0.15) is 21.6 Å². The molecule has 0 heterocycles. The van der Waals surface area contributed by atoms with Crippen LogP contribution in [-0.4, -0.2) is 20.2 Å². The highest BCUT2D eigenvalue weighted by molar-refractivity contribution is 7.84. The van der Waals surface area contributed by atoms with Gasteiger partial charge >= 0.3 is 16.5 Å². The Bertz CT molecular complexity index is 255. The summed E-state index contributed by atoms with van der Waals surface area (Å²) in [5.74, 6) is 0.